The normalized spacial score (nSPS) is 21.7. The average Bonchev–Trinajstić information content (AvgIpc) is 2.86. The van der Waals surface area contributed by atoms with Gasteiger partial charge < -0.3 is 5.32 Å². The first-order chi connectivity index (χ1) is 5.95. The fourth-order valence-electron chi connectivity index (χ4n) is 1.75. The molecule has 1 fully saturated rings. The van der Waals surface area contributed by atoms with Crippen LogP contribution in [0, 0.1) is 0 Å². The van der Waals surface area contributed by atoms with Gasteiger partial charge in [-0.15, -0.1) is 10.2 Å². The second-order valence-electron chi connectivity index (χ2n) is 3.59. The van der Waals surface area contributed by atoms with Crippen LogP contribution in [-0.4, -0.2) is 21.3 Å². The molecule has 4 nitrogen and oxygen atoms in total. The van der Waals surface area contributed by atoms with Gasteiger partial charge in [0.15, 0.2) is 0 Å². The van der Waals surface area contributed by atoms with Crippen LogP contribution in [0.4, 0.5) is 5.95 Å². The molecule has 64 valence electrons. The summed E-state index contributed by atoms with van der Waals surface area (Å²) in [7, 11) is 0. The van der Waals surface area contributed by atoms with E-state index in [4.69, 9.17) is 0 Å². The third-order valence-corrected chi connectivity index (χ3v) is 2.56. The number of nitrogens with one attached hydrogen (secondary N) is 1. The summed E-state index contributed by atoms with van der Waals surface area (Å²) < 4.78 is 2.24. The summed E-state index contributed by atoms with van der Waals surface area (Å²) in [4.78, 5) is 0. The van der Waals surface area contributed by atoms with E-state index in [-0.39, 0.29) is 0 Å². The summed E-state index contributed by atoms with van der Waals surface area (Å²) in [6.07, 6.45) is 3.81. The molecule has 4 heteroatoms. The van der Waals surface area contributed by atoms with Crippen molar-refractivity contribution < 1.29 is 0 Å². The Balaban J connectivity index is 2.03. The molecule has 1 saturated carbocycles. The van der Waals surface area contributed by atoms with Gasteiger partial charge in [-0.3, -0.25) is 4.57 Å². The maximum absolute atomic E-state index is 4.21. The fourth-order valence-corrected chi connectivity index (χ4v) is 1.75. The van der Waals surface area contributed by atoms with Crippen LogP contribution in [0.5, 0.6) is 0 Å². The molecule has 0 amide bonds. The van der Waals surface area contributed by atoms with Crippen molar-refractivity contribution in [1.82, 2.24) is 14.8 Å². The zero-order chi connectivity index (χ0) is 7.97. The van der Waals surface area contributed by atoms with Crippen LogP contribution < -0.4 is 5.32 Å². The minimum Gasteiger partial charge on any atom is -0.354 e. The molecule has 1 aromatic rings. The molecule has 12 heavy (non-hydrogen) atoms. The van der Waals surface area contributed by atoms with Crippen molar-refractivity contribution in [3.63, 3.8) is 0 Å². The Morgan fingerprint density at radius 1 is 1.33 bits per heavy atom. The van der Waals surface area contributed by atoms with Crippen molar-refractivity contribution in [1.29, 1.82) is 0 Å². The number of hydrogen-bond donors (Lipinski definition) is 1. The summed E-state index contributed by atoms with van der Waals surface area (Å²) in [5, 5.41) is 11.6. The molecule has 2 heterocycles. The van der Waals surface area contributed by atoms with Gasteiger partial charge in [-0.1, -0.05) is 0 Å². The van der Waals surface area contributed by atoms with Gasteiger partial charge in [0.25, 0.3) is 0 Å². The van der Waals surface area contributed by atoms with Gasteiger partial charge in [0.1, 0.15) is 5.82 Å². The van der Waals surface area contributed by atoms with E-state index in [2.05, 4.69) is 20.1 Å². The van der Waals surface area contributed by atoms with E-state index in [0.29, 0.717) is 5.92 Å². The largest absolute Gasteiger partial charge is 0.354 e. The lowest BCUT2D eigenvalue weighted by Crippen LogP contribution is -2.18. The monoisotopic (exact) mass is 164 g/mol. The molecule has 0 unspecified atom stereocenters. The van der Waals surface area contributed by atoms with E-state index in [1.165, 1.54) is 25.1 Å². The number of anilines is 1. The van der Waals surface area contributed by atoms with Crippen LogP contribution in [0.2, 0.25) is 0 Å². The van der Waals surface area contributed by atoms with Gasteiger partial charge in [-0.2, -0.15) is 0 Å². The quantitative estimate of drug-likeness (QED) is 0.672. The molecule has 0 atom stereocenters. The molecule has 0 bridgehead atoms. The highest BCUT2D eigenvalue weighted by atomic mass is 15.4. The van der Waals surface area contributed by atoms with E-state index < -0.39 is 0 Å². The molecule has 1 aromatic heterocycles. The smallest absolute Gasteiger partial charge is 0.224 e. The summed E-state index contributed by atoms with van der Waals surface area (Å²) in [6, 6.07) is 0. The third-order valence-electron chi connectivity index (χ3n) is 2.56. The lowest BCUT2D eigenvalue weighted by Gasteiger charge is -2.15. The molecule has 0 saturated heterocycles. The first-order valence-corrected chi connectivity index (χ1v) is 4.62. The molecule has 3 rings (SSSR count). The molecule has 1 aliphatic heterocycles. The highest BCUT2D eigenvalue weighted by Gasteiger charge is 2.30. The van der Waals surface area contributed by atoms with Crippen molar-refractivity contribution in [2.24, 2.45) is 0 Å². The van der Waals surface area contributed by atoms with Crippen molar-refractivity contribution >= 4 is 5.95 Å². The van der Waals surface area contributed by atoms with Crippen molar-refractivity contribution in [3.05, 3.63) is 5.82 Å². The van der Waals surface area contributed by atoms with Gasteiger partial charge in [-0.05, 0) is 19.3 Å². The number of aromatic nitrogens is 3. The van der Waals surface area contributed by atoms with Crippen LogP contribution in [0.3, 0.4) is 0 Å². The first-order valence-electron chi connectivity index (χ1n) is 4.62. The predicted molar refractivity (Wildman–Crippen MR) is 45.1 cm³/mol. The highest BCUT2D eigenvalue weighted by Crippen LogP contribution is 2.40. The fraction of sp³-hybridized carbons (Fsp3) is 0.750. The third kappa shape index (κ3) is 0.838. The van der Waals surface area contributed by atoms with E-state index in [1.54, 1.807) is 0 Å². The summed E-state index contributed by atoms with van der Waals surface area (Å²) in [6.45, 7) is 2.14. The number of rotatable bonds is 1. The van der Waals surface area contributed by atoms with Crippen LogP contribution in [0.1, 0.15) is 31.0 Å². The Hall–Kier alpha value is -1.06. The van der Waals surface area contributed by atoms with Crippen LogP contribution in [-0.2, 0) is 6.54 Å². The second-order valence-corrected chi connectivity index (χ2v) is 3.59. The molecule has 2 aliphatic rings. The molecular formula is C8H12N4. The molecule has 1 aliphatic carbocycles. The van der Waals surface area contributed by atoms with Gasteiger partial charge in [0.2, 0.25) is 5.95 Å². The van der Waals surface area contributed by atoms with E-state index >= 15 is 0 Å². The van der Waals surface area contributed by atoms with Gasteiger partial charge in [0, 0.05) is 19.0 Å². The second kappa shape index (κ2) is 2.21. The Morgan fingerprint density at radius 3 is 3.08 bits per heavy atom. The number of fused-ring (bicyclic) bond motifs is 1. The lowest BCUT2D eigenvalue weighted by molar-refractivity contribution is 0.600. The summed E-state index contributed by atoms with van der Waals surface area (Å²) in [5.41, 5.74) is 0. The minimum atomic E-state index is 0.714. The van der Waals surface area contributed by atoms with Gasteiger partial charge in [0.05, 0.1) is 0 Å². The summed E-state index contributed by atoms with van der Waals surface area (Å²) >= 11 is 0. The van der Waals surface area contributed by atoms with Crippen LogP contribution in [0.25, 0.3) is 0 Å². The molecule has 0 radical (unpaired) electrons. The Labute approximate surface area is 71.0 Å². The predicted octanol–water partition coefficient (Wildman–Crippen LogP) is 0.971. The van der Waals surface area contributed by atoms with Crippen LogP contribution >= 0.6 is 0 Å². The topological polar surface area (TPSA) is 42.7 Å². The average molecular weight is 164 g/mol. The van der Waals surface area contributed by atoms with E-state index in [1.807, 2.05) is 0 Å². The van der Waals surface area contributed by atoms with Gasteiger partial charge in [-0.25, -0.2) is 0 Å². The Bertz CT molecular complexity index is 300. The summed E-state index contributed by atoms with van der Waals surface area (Å²) in [5.74, 6) is 2.89. The van der Waals surface area contributed by atoms with Crippen molar-refractivity contribution in [2.75, 3.05) is 11.9 Å². The number of nitrogens with zero attached hydrogens (tertiary/aromatic N) is 3. The zero-order valence-corrected chi connectivity index (χ0v) is 6.95. The zero-order valence-electron chi connectivity index (χ0n) is 6.95. The van der Waals surface area contributed by atoms with Crippen molar-refractivity contribution in [3.8, 4) is 0 Å². The number of hydrogen-bond acceptors (Lipinski definition) is 3. The molecule has 0 spiro atoms. The molecule has 0 aromatic carbocycles. The van der Waals surface area contributed by atoms with E-state index in [9.17, 15) is 0 Å². The van der Waals surface area contributed by atoms with E-state index in [0.717, 1.165) is 19.0 Å². The van der Waals surface area contributed by atoms with Crippen molar-refractivity contribution in [2.45, 2.75) is 31.7 Å². The maximum Gasteiger partial charge on any atom is 0.224 e. The Kier molecular flexibility index (Phi) is 1.19. The molecule has 1 N–H and O–H groups in total. The molecular weight excluding hydrogens is 152 g/mol. The SMILES string of the molecule is C1CNc2nnc(C3CC3)n2C1. The first kappa shape index (κ1) is 6.46. The standard InChI is InChI=1S/C8H12N4/c1-4-9-8-11-10-7(6-2-3-6)12(8)5-1/h6H,1-5H2,(H,9,11). The minimum absolute atomic E-state index is 0.714. The lowest BCUT2D eigenvalue weighted by atomic mass is 10.3. The maximum atomic E-state index is 4.21. The highest BCUT2D eigenvalue weighted by molar-refractivity contribution is 5.29. The Morgan fingerprint density at radius 2 is 2.25 bits per heavy atom. The van der Waals surface area contributed by atoms with Crippen LogP contribution in [0.15, 0.2) is 0 Å². The van der Waals surface area contributed by atoms with Gasteiger partial charge >= 0.3 is 0 Å².